The average molecular weight is 277 g/mol. The van der Waals surface area contributed by atoms with E-state index >= 15 is 0 Å². The van der Waals surface area contributed by atoms with Gasteiger partial charge in [0.05, 0.1) is 0 Å². The summed E-state index contributed by atoms with van der Waals surface area (Å²) >= 11 is 0. The van der Waals surface area contributed by atoms with Gasteiger partial charge in [-0.1, -0.05) is 6.07 Å². The number of carbonyl (C=O) groups is 2. The molecule has 20 heavy (non-hydrogen) atoms. The Morgan fingerprint density at radius 3 is 2.95 bits per heavy atom. The minimum atomic E-state index is -0.674. The summed E-state index contributed by atoms with van der Waals surface area (Å²) in [6.07, 6.45) is 0.774. The summed E-state index contributed by atoms with van der Waals surface area (Å²) in [7, 11) is 1.44. The highest BCUT2D eigenvalue weighted by molar-refractivity contribution is 5.98. The van der Waals surface area contributed by atoms with Crippen molar-refractivity contribution in [2.24, 2.45) is 5.73 Å². The quantitative estimate of drug-likeness (QED) is 0.830. The Bertz CT molecular complexity index is 500. The fraction of sp³-hybridized carbons (Fsp3) is 0.429. The number of hydrogen-bond acceptors (Lipinski definition) is 4. The van der Waals surface area contributed by atoms with Crippen LogP contribution in [0.2, 0.25) is 0 Å². The van der Waals surface area contributed by atoms with Crippen LogP contribution in [0.3, 0.4) is 0 Å². The zero-order chi connectivity index (χ0) is 14.5. The van der Waals surface area contributed by atoms with Crippen LogP contribution in [0, 0.1) is 0 Å². The molecule has 1 saturated heterocycles. The van der Waals surface area contributed by atoms with E-state index in [-0.39, 0.29) is 18.4 Å². The highest BCUT2D eigenvalue weighted by atomic mass is 16.5. The largest absolute Gasteiger partial charge is 0.370 e. The molecule has 0 bridgehead atoms. The second kappa shape index (κ2) is 6.49. The molecule has 1 fully saturated rings. The van der Waals surface area contributed by atoms with E-state index in [9.17, 15) is 9.59 Å². The van der Waals surface area contributed by atoms with E-state index in [4.69, 9.17) is 10.5 Å². The second-order valence-corrected chi connectivity index (χ2v) is 4.65. The predicted molar refractivity (Wildman–Crippen MR) is 76.5 cm³/mol. The summed E-state index contributed by atoms with van der Waals surface area (Å²) in [5.41, 5.74) is 6.87. The van der Waals surface area contributed by atoms with Crippen LogP contribution in [0.1, 0.15) is 12.8 Å². The third-order valence-corrected chi connectivity index (χ3v) is 3.29. The smallest absolute Gasteiger partial charge is 0.254 e. The highest BCUT2D eigenvalue weighted by Gasteiger charge is 2.22. The molecule has 0 spiro atoms. The molecule has 2 amide bonds. The maximum Gasteiger partial charge on any atom is 0.254 e. The van der Waals surface area contributed by atoms with Crippen LogP contribution in [0.15, 0.2) is 24.3 Å². The van der Waals surface area contributed by atoms with Crippen LogP contribution in [0.5, 0.6) is 0 Å². The average Bonchev–Trinajstić information content (AvgIpc) is 2.86. The molecule has 0 saturated carbocycles. The molecule has 1 atom stereocenters. The van der Waals surface area contributed by atoms with E-state index in [1.165, 1.54) is 7.11 Å². The minimum Gasteiger partial charge on any atom is -0.370 e. The van der Waals surface area contributed by atoms with Gasteiger partial charge in [-0.3, -0.25) is 9.59 Å². The summed E-state index contributed by atoms with van der Waals surface area (Å²) in [5.74, 6) is -0.176. The lowest BCUT2D eigenvalue weighted by molar-refractivity contribution is -0.125. The highest BCUT2D eigenvalue weighted by Crippen LogP contribution is 2.24. The number of nitrogens with two attached hydrogens (primary N) is 1. The van der Waals surface area contributed by atoms with Crippen molar-refractivity contribution < 1.29 is 14.3 Å². The molecule has 6 heteroatoms. The van der Waals surface area contributed by atoms with Gasteiger partial charge in [-0.15, -0.1) is 0 Å². The number of amides is 2. The monoisotopic (exact) mass is 277 g/mol. The first-order valence-corrected chi connectivity index (χ1v) is 6.60. The van der Waals surface area contributed by atoms with Crippen molar-refractivity contribution in [3.8, 4) is 0 Å². The Balaban J connectivity index is 2.10. The van der Waals surface area contributed by atoms with Gasteiger partial charge in [-0.25, -0.2) is 0 Å². The van der Waals surface area contributed by atoms with Crippen LogP contribution in [0.25, 0.3) is 0 Å². The minimum absolute atomic E-state index is 0.116. The van der Waals surface area contributed by atoms with E-state index in [0.717, 1.165) is 18.7 Å². The van der Waals surface area contributed by atoms with Crippen molar-refractivity contribution in [2.75, 3.05) is 30.4 Å². The topological polar surface area (TPSA) is 84.7 Å². The molecule has 108 valence electrons. The van der Waals surface area contributed by atoms with E-state index in [2.05, 4.69) is 5.32 Å². The predicted octanol–water partition coefficient (Wildman–Crippen LogP) is 0.726. The molecule has 1 heterocycles. The van der Waals surface area contributed by atoms with Crippen LogP contribution >= 0.6 is 0 Å². The van der Waals surface area contributed by atoms with Crippen molar-refractivity contribution in [2.45, 2.75) is 18.9 Å². The van der Waals surface area contributed by atoms with Crippen molar-refractivity contribution >= 4 is 23.2 Å². The van der Waals surface area contributed by atoms with Gasteiger partial charge in [-0.05, 0) is 24.6 Å². The van der Waals surface area contributed by atoms with Crippen LogP contribution < -0.4 is 16.0 Å². The number of ether oxygens (including phenoxy) is 1. The second-order valence-electron chi connectivity index (χ2n) is 4.65. The van der Waals surface area contributed by atoms with Crippen LogP contribution in [-0.2, 0) is 14.3 Å². The van der Waals surface area contributed by atoms with E-state index in [0.29, 0.717) is 12.1 Å². The van der Waals surface area contributed by atoms with Gasteiger partial charge >= 0.3 is 0 Å². The molecule has 0 aliphatic carbocycles. The van der Waals surface area contributed by atoms with E-state index < -0.39 is 6.10 Å². The van der Waals surface area contributed by atoms with Gasteiger partial charge in [-0.2, -0.15) is 0 Å². The maximum atomic E-state index is 11.9. The van der Waals surface area contributed by atoms with Crippen molar-refractivity contribution in [1.29, 1.82) is 0 Å². The molecule has 6 nitrogen and oxygen atoms in total. The molecule has 1 aromatic carbocycles. The van der Waals surface area contributed by atoms with Crippen molar-refractivity contribution in [3.63, 3.8) is 0 Å². The van der Waals surface area contributed by atoms with E-state index in [1.54, 1.807) is 23.1 Å². The number of hydrogen-bond donors (Lipinski definition) is 2. The number of rotatable bonds is 5. The first-order chi connectivity index (χ1) is 9.65. The summed E-state index contributed by atoms with van der Waals surface area (Å²) in [6, 6.07) is 7.21. The molecule has 1 aromatic rings. The molecule has 1 aliphatic rings. The lowest BCUT2D eigenvalue weighted by atomic mass is 10.2. The van der Waals surface area contributed by atoms with Crippen LogP contribution in [-0.4, -0.2) is 38.1 Å². The Morgan fingerprint density at radius 1 is 1.55 bits per heavy atom. The van der Waals surface area contributed by atoms with Crippen molar-refractivity contribution in [3.05, 3.63) is 24.3 Å². The molecule has 0 aromatic heterocycles. The number of anilines is 2. The number of benzene rings is 1. The number of carbonyl (C=O) groups excluding carboxylic acids is 2. The summed E-state index contributed by atoms with van der Waals surface area (Å²) in [6.45, 7) is 0.840. The first-order valence-electron chi connectivity index (χ1n) is 6.60. The Hall–Kier alpha value is -1.92. The maximum absolute atomic E-state index is 11.9. The van der Waals surface area contributed by atoms with Gasteiger partial charge in [0.15, 0.2) is 0 Å². The molecular weight excluding hydrogens is 258 g/mol. The normalized spacial score (nSPS) is 16.3. The summed E-state index contributed by atoms with van der Waals surface area (Å²) in [5, 5.41) is 2.74. The summed E-state index contributed by atoms with van der Waals surface area (Å²) < 4.78 is 4.98. The van der Waals surface area contributed by atoms with Crippen LogP contribution in [0.4, 0.5) is 11.4 Å². The standard InChI is InChI=1S/C14H19N3O3/c1-20-12(9-15)14(19)16-10-4-2-5-11(8-10)17-7-3-6-13(17)18/h2,4-5,8,12H,3,6-7,9,15H2,1H3,(H,16,19). The fourth-order valence-corrected chi connectivity index (χ4v) is 2.21. The zero-order valence-electron chi connectivity index (χ0n) is 11.5. The van der Waals surface area contributed by atoms with E-state index in [1.807, 2.05) is 6.07 Å². The first kappa shape index (κ1) is 14.5. The third kappa shape index (κ3) is 3.15. The third-order valence-electron chi connectivity index (χ3n) is 3.29. The molecule has 2 rings (SSSR count). The van der Waals surface area contributed by atoms with Gasteiger partial charge < -0.3 is 20.7 Å². The zero-order valence-corrected chi connectivity index (χ0v) is 11.5. The Kier molecular flexibility index (Phi) is 4.70. The van der Waals surface area contributed by atoms with Gasteiger partial charge in [0.2, 0.25) is 5.91 Å². The SMILES string of the molecule is COC(CN)C(=O)Nc1cccc(N2CCCC2=O)c1. The van der Waals surface area contributed by atoms with Gasteiger partial charge in [0.25, 0.3) is 5.91 Å². The molecule has 1 aliphatic heterocycles. The lowest BCUT2D eigenvalue weighted by Crippen LogP contribution is -2.36. The molecular formula is C14H19N3O3. The number of methoxy groups -OCH3 is 1. The molecule has 0 radical (unpaired) electrons. The fourth-order valence-electron chi connectivity index (χ4n) is 2.21. The lowest BCUT2D eigenvalue weighted by Gasteiger charge is -2.18. The Morgan fingerprint density at radius 2 is 2.35 bits per heavy atom. The Labute approximate surface area is 117 Å². The summed E-state index contributed by atoms with van der Waals surface area (Å²) in [4.78, 5) is 25.3. The van der Waals surface area contributed by atoms with Crippen molar-refractivity contribution in [1.82, 2.24) is 0 Å². The van der Waals surface area contributed by atoms with Gasteiger partial charge in [0, 0.05) is 38.0 Å². The number of nitrogens with zero attached hydrogens (tertiary/aromatic N) is 1. The number of nitrogens with one attached hydrogen (secondary N) is 1. The molecule has 3 N–H and O–H groups in total. The molecule has 1 unspecified atom stereocenters. The van der Waals surface area contributed by atoms with Gasteiger partial charge in [0.1, 0.15) is 6.10 Å².